The number of ether oxygens (including phenoxy) is 2. The average Bonchev–Trinajstić information content (AvgIpc) is 2.78. The van der Waals surface area contributed by atoms with E-state index in [1.165, 1.54) is 11.3 Å². The molecule has 0 amide bonds. The molecule has 106 valence electrons. The Hall–Kier alpha value is -0.940. The summed E-state index contributed by atoms with van der Waals surface area (Å²) in [6, 6.07) is 9.45. The minimum atomic E-state index is -0.155. The number of rotatable bonds is 3. The molecule has 1 aromatic heterocycles. The van der Waals surface area contributed by atoms with Crippen molar-refractivity contribution < 1.29 is 9.47 Å². The predicted molar refractivity (Wildman–Crippen MR) is 82.5 cm³/mol. The zero-order chi connectivity index (χ0) is 14.1. The minimum absolute atomic E-state index is 0.0698. The summed E-state index contributed by atoms with van der Waals surface area (Å²) in [5.74, 6) is 1.52. The van der Waals surface area contributed by atoms with Crippen molar-refractivity contribution >= 4 is 34.5 Å². The van der Waals surface area contributed by atoms with E-state index in [1.54, 1.807) is 0 Å². The smallest absolute Gasteiger partial charge is 0.161 e. The lowest BCUT2D eigenvalue weighted by molar-refractivity contribution is 0.0640. The van der Waals surface area contributed by atoms with Gasteiger partial charge in [0.2, 0.25) is 0 Å². The molecule has 0 radical (unpaired) electrons. The van der Waals surface area contributed by atoms with Crippen LogP contribution in [0.3, 0.4) is 0 Å². The van der Waals surface area contributed by atoms with Crippen LogP contribution in [0.4, 0.5) is 0 Å². The minimum Gasteiger partial charge on any atom is -0.486 e. The first-order chi connectivity index (χ1) is 9.69. The third-order valence-electron chi connectivity index (χ3n) is 3.23. The van der Waals surface area contributed by atoms with Gasteiger partial charge in [-0.05, 0) is 25.2 Å². The Morgan fingerprint density at radius 3 is 2.70 bits per heavy atom. The summed E-state index contributed by atoms with van der Waals surface area (Å²) < 4.78 is 13.1. The zero-order valence-corrected chi connectivity index (χ0v) is 13.1. The van der Waals surface area contributed by atoms with Gasteiger partial charge in [0.1, 0.15) is 6.61 Å². The van der Waals surface area contributed by atoms with Gasteiger partial charge in [-0.2, -0.15) is 0 Å². The average molecular weight is 330 g/mol. The highest BCUT2D eigenvalue weighted by molar-refractivity contribution is 7.20. The molecule has 0 saturated heterocycles. The van der Waals surface area contributed by atoms with Gasteiger partial charge in [0, 0.05) is 5.56 Å². The Balaban J connectivity index is 1.87. The molecule has 1 N–H and O–H groups in total. The summed E-state index contributed by atoms with van der Waals surface area (Å²) in [7, 11) is 1.87. The number of likely N-dealkylation sites (N-methyl/N-ethyl adjacent to an activating group) is 1. The van der Waals surface area contributed by atoms with E-state index in [0.29, 0.717) is 15.3 Å². The molecule has 0 fully saturated rings. The van der Waals surface area contributed by atoms with Crippen molar-refractivity contribution in [2.45, 2.75) is 12.1 Å². The molecule has 2 heterocycles. The Labute approximate surface area is 131 Å². The normalized spacial score (nSPS) is 18.9. The molecule has 2 atom stereocenters. The summed E-state index contributed by atoms with van der Waals surface area (Å²) in [4.78, 5) is 0. The van der Waals surface area contributed by atoms with Crippen molar-refractivity contribution in [1.82, 2.24) is 5.32 Å². The summed E-state index contributed by atoms with van der Waals surface area (Å²) in [6.45, 7) is 0.465. The number of thiophene rings is 1. The standard InChI is InChI=1S/C14H13Cl2NO2S/c1-17-13(8-6-12(15)20-14(8)16)11-7-18-9-4-2-3-5-10(9)19-11/h2-6,11,13,17H,7H2,1H3. The molecule has 0 saturated carbocycles. The van der Waals surface area contributed by atoms with Gasteiger partial charge in [-0.25, -0.2) is 0 Å². The number of fused-ring (bicyclic) bond motifs is 1. The second-order valence-electron chi connectivity index (χ2n) is 4.46. The maximum absolute atomic E-state index is 6.24. The van der Waals surface area contributed by atoms with Crippen LogP contribution < -0.4 is 14.8 Å². The van der Waals surface area contributed by atoms with Gasteiger partial charge in [0.25, 0.3) is 0 Å². The van der Waals surface area contributed by atoms with E-state index in [-0.39, 0.29) is 12.1 Å². The van der Waals surface area contributed by atoms with Gasteiger partial charge >= 0.3 is 0 Å². The maximum atomic E-state index is 6.24. The molecule has 0 spiro atoms. The number of hydrogen-bond acceptors (Lipinski definition) is 4. The fourth-order valence-electron chi connectivity index (χ4n) is 2.31. The molecular weight excluding hydrogens is 317 g/mol. The molecule has 1 aromatic carbocycles. The van der Waals surface area contributed by atoms with E-state index < -0.39 is 0 Å². The van der Waals surface area contributed by atoms with Crippen molar-refractivity contribution in [3.05, 3.63) is 44.6 Å². The zero-order valence-electron chi connectivity index (χ0n) is 10.7. The van der Waals surface area contributed by atoms with E-state index in [0.717, 1.165) is 17.1 Å². The van der Waals surface area contributed by atoms with Crippen molar-refractivity contribution in [2.24, 2.45) is 0 Å². The van der Waals surface area contributed by atoms with Crippen molar-refractivity contribution in [3.8, 4) is 11.5 Å². The van der Waals surface area contributed by atoms with Crippen LogP contribution in [0.1, 0.15) is 11.6 Å². The van der Waals surface area contributed by atoms with E-state index in [4.69, 9.17) is 32.7 Å². The van der Waals surface area contributed by atoms with Crippen LogP contribution in [0.2, 0.25) is 8.67 Å². The number of nitrogens with one attached hydrogen (secondary N) is 1. The molecule has 2 aromatic rings. The summed E-state index contributed by atoms with van der Waals surface area (Å²) in [5, 5.41) is 3.23. The molecule has 2 unspecified atom stereocenters. The van der Waals surface area contributed by atoms with Crippen LogP contribution in [0.5, 0.6) is 11.5 Å². The number of para-hydroxylation sites is 2. The second-order valence-corrected chi connectivity index (χ2v) is 6.75. The molecule has 20 heavy (non-hydrogen) atoms. The van der Waals surface area contributed by atoms with Crippen LogP contribution in [0.15, 0.2) is 30.3 Å². The number of benzene rings is 1. The van der Waals surface area contributed by atoms with Gasteiger partial charge in [0.15, 0.2) is 17.6 Å². The molecule has 0 aliphatic carbocycles. The number of halogens is 2. The summed E-state index contributed by atoms with van der Waals surface area (Å²) >= 11 is 13.6. The van der Waals surface area contributed by atoms with Crippen LogP contribution in [0.25, 0.3) is 0 Å². The van der Waals surface area contributed by atoms with Crippen LogP contribution in [-0.4, -0.2) is 19.8 Å². The van der Waals surface area contributed by atoms with Crippen molar-refractivity contribution in [3.63, 3.8) is 0 Å². The lowest BCUT2D eigenvalue weighted by Gasteiger charge is -2.32. The first kappa shape index (κ1) is 14.0. The Morgan fingerprint density at radius 1 is 1.30 bits per heavy atom. The quantitative estimate of drug-likeness (QED) is 0.917. The first-order valence-electron chi connectivity index (χ1n) is 6.19. The van der Waals surface area contributed by atoms with Gasteiger partial charge in [0.05, 0.1) is 14.7 Å². The lowest BCUT2D eigenvalue weighted by atomic mass is 10.0. The van der Waals surface area contributed by atoms with E-state index in [2.05, 4.69) is 5.32 Å². The van der Waals surface area contributed by atoms with Crippen LogP contribution in [0, 0.1) is 0 Å². The van der Waals surface area contributed by atoms with E-state index in [1.807, 2.05) is 37.4 Å². The summed E-state index contributed by atoms with van der Waals surface area (Å²) in [6.07, 6.45) is -0.155. The fourth-order valence-corrected chi connectivity index (χ4v) is 3.86. The third-order valence-corrected chi connectivity index (χ3v) is 4.75. The second kappa shape index (κ2) is 5.82. The Morgan fingerprint density at radius 2 is 2.05 bits per heavy atom. The highest BCUT2D eigenvalue weighted by Gasteiger charge is 2.31. The SMILES string of the molecule is CNC(c1cc(Cl)sc1Cl)C1COc2ccccc2O1. The van der Waals surface area contributed by atoms with Gasteiger partial charge in [-0.15, -0.1) is 11.3 Å². The first-order valence-corrected chi connectivity index (χ1v) is 7.76. The van der Waals surface area contributed by atoms with Gasteiger partial charge in [-0.1, -0.05) is 35.3 Å². The van der Waals surface area contributed by atoms with Crippen molar-refractivity contribution in [2.75, 3.05) is 13.7 Å². The monoisotopic (exact) mass is 329 g/mol. The van der Waals surface area contributed by atoms with Crippen LogP contribution in [-0.2, 0) is 0 Å². The fraction of sp³-hybridized carbons (Fsp3) is 0.286. The summed E-state index contributed by atoms with van der Waals surface area (Å²) in [5.41, 5.74) is 0.942. The largest absolute Gasteiger partial charge is 0.486 e. The molecule has 6 heteroatoms. The molecule has 0 bridgehead atoms. The van der Waals surface area contributed by atoms with Gasteiger partial charge in [-0.3, -0.25) is 0 Å². The van der Waals surface area contributed by atoms with E-state index in [9.17, 15) is 0 Å². The number of hydrogen-bond donors (Lipinski definition) is 1. The lowest BCUT2D eigenvalue weighted by Crippen LogP contribution is -2.40. The molecule has 1 aliphatic heterocycles. The van der Waals surface area contributed by atoms with E-state index >= 15 is 0 Å². The molecule has 3 rings (SSSR count). The predicted octanol–water partition coefficient (Wildman–Crippen LogP) is 4.16. The highest BCUT2D eigenvalue weighted by atomic mass is 35.5. The third kappa shape index (κ3) is 2.61. The molecule has 3 nitrogen and oxygen atoms in total. The Kier molecular flexibility index (Phi) is 4.08. The Bertz CT molecular complexity index is 617. The maximum Gasteiger partial charge on any atom is 0.161 e. The topological polar surface area (TPSA) is 30.5 Å². The van der Waals surface area contributed by atoms with Gasteiger partial charge < -0.3 is 14.8 Å². The highest BCUT2D eigenvalue weighted by Crippen LogP contribution is 2.39. The van der Waals surface area contributed by atoms with Crippen molar-refractivity contribution in [1.29, 1.82) is 0 Å². The molecular formula is C14H13Cl2NO2S. The molecule has 1 aliphatic rings. The van der Waals surface area contributed by atoms with Crippen LogP contribution >= 0.6 is 34.5 Å².